The van der Waals surface area contributed by atoms with Crippen LogP contribution in [0.4, 0.5) is 0 Å². The molecule has 2 spiro atoms. The summed E-state index contributed by atoms with van der Waals surface area (Å²) >= 11 is 0. The highest BCUT2D eigenvalue weighted by atomic mass is 16.7. The highest BCUT2D eigenvalue weighted by molar-refractivity contribution is 6.03. The first-order chi connectivity index (χ1) is 21.3. The highest BCUT2D eigenvalue weighted by Crippen LogP contribution is 2.87. The zero-order valence-corrected chi connectivity index (χ0v) is 28.7. The van der Waals surface area contributed by atoms with Crippen molar-refractivity contribution in [2.45, 2.75) is 155 Å². The van der Waals surface area contributed by atoms with E-state index in [1.54, 1.807) is 13.8 Å². The Kier molecular flexibility index (Phi) is 8.35. The monoisotopic (exact) mass is 650 g/mol. The van der Waals surface area contributed by atoms with Crippen molar-refractivity contribution in [3.8, 4) is 0 Å². The molecule has 0 aromatic carbocycles. The number of aliphatic hydroxyl groups excluding tert-OH is 6. The molecule has 6 aliphatic rings. The molecule has 6 rings (SSSR count). The maximum Gasteiger partial charge on any atom is 0.187 e. The van der Waals surface area contributed by atoms with Crippen LogP contribution >= 0.6 is 0 Å². The van der Waals surface area contributed by atoms with Crippen molar-refractivity contribution >= 4 is 11.6 Å². The fourth-order valence-electron chi connectivity index (χ4n) is 12.2. The van der Waals surface area contributed by atoms with Crippen LogP contribution in [-0.2, 0) is 19.1 Å². The van der Waals surface area contributed by atoms with E-state index in [4.69, 9.17) is 9.47 Å². The summed E-state index contributed by atoms with van der Waals surface area (Å²) in [4.78, 5) is 28.3. The molecule has 15 unspecified atom stereocenters. The molecule has 46 heavy (non-hydrogen) atoms. The third-order valence-corrected chi connectivity index (χ3v) is 15.3. The van der Waals surface area contributed by atoms with E-state index in [1.165, 1.54) is 0 Å². The third-order valence-electron chi connectivity index (χ3n) is 15.3. The van der Waals surface area contributed by atoms with E-state index in [-0.39, 0.29) is 52.5 Å². The number of hydrogen-bond donors (Lipinski definition) is 6. The minimum absolute atomic E-state index is 0.0376. The highest BCUT2D eigenvalue weighted by Gasteiger charge is 2.88. The molecule has 5 aliphatic carbocycles. The predicted molar refractivity (Wildman–Crippen MR) is 167 cm³/mol. The van der Waals surface area contributed by atoms with Crippen LogP contribution in [0.25, 0.3) is 0 Å². The standard InChI is InChI=1S/C36H58O10/c1-18(8-11-23(38)32(4,5)46-30-29(44)28(43)27(42)20(16-37)45-30)19-12-13-33(6)22-10-9-21-31(2,3)24(39)14-25(40)35(21)17-36(22,35)26(41)15-34(19,33)7/h18-24,27-30,37-39,42-44H,8-17H2,1-7H3. The van der Waals surface area contributed by atoms with E-state index >= 15 is 0 Å². The Hall–Kier alpha value is -0.980. The van der Waals surface area contributed by atoms with Crippen LogP contribution in [0.5, 0.6) is 0 Å². The first kappa shape index (κ1) is 34.9. The zero-order valence-electron chi connectivity index (χ0n) is 28.7. The quantitative estimate of drug-likeness (QED) is 0.229. The Labute approximate surface area is 273 Å². The summed E-state index contributed by atoms with van der Waals surface area (Å²) in [5.41, 5.74) is -3.06. The Morgan fingerprint density at radius 1 is 0.891 bits per heavy atom. The first-order valence-electron chi connectivity index (χ1n) is 17.7. The molecule has 0 bridgehead atoms. The number of fused-ring (bicyclic) bond motifs is 2. The van der Waals surface area contributed by atoms with Gasteiger partial charge >= 0.3 is 0 Å². The molecule has 1 saturated heterocycles. The van der Waals surface area contributed by atoms with E-state index in [1.807, 2.05) is 0 Å². The molecular formula is C36H58O10. The van der Waals surface area contributed by atoms with Gasteiger partial charge in [-0.2, -0.15) is 0 Å². The minimum Gasteiger partial charge on any atom is -0.394 e. The predicted octanol–water partition coefficient (Wildman–Crippen LogP) is 2.52. The molecule has 10 heteroatoms. The Bertz CT molecular complexity index is 1230. The van der Waals surface area contributed by atoms with Crippen molar-refractivity contribution in [3.05, 3.63) is 0 Å². The molecule has 5 saturated carbocycles. The van der Waals surface area contributed by atoms with Crippen molar-refractivity contribution in [1.29, 1.82) is 0 Å². The van der Waals surface area contributed by atoms with Gasteiger partial charge < -0.3 is 40.1 Å². The summed E-state index contributed by atoms with van der Waals surface area (Å²) in [6.07, 6.45) is -2.47. The third kappa shape index (κ3) is 4.42. The van der Waals surface area contributed by atoms with Gasteiger partial charge in [-0.15, -0.1) is 0 Å². The number of ketones is 2. The lowest BCUT2D eigenvalue weighted by molar-refractivity contribution is -0.331. The van der Waals surface area contributed by atoms with Crippen LogP contribution < -0.4 is 0 Å². The summed E-state index contributed by atoms with van der Waals surface area (Å²) in [5, 5.41) is 62.4. The maximum absolute atomic E-state index is 14.5. The molecule has 6 fully saturated rings. The fourth-order valence-corrected chi connectivity index (χ4v) is 12.2. The number of hydrogen-bond acceptors (Lipinski definition) is 10. The van der Waals surface area contributed by atoms with E-state index < -0.39 is 71.4 Å². The van der Waals surface area contributed by atoms with E-state index in [0.29, 0.717) is 25.7 Å². The van der Waals surface area contributed by atoms with Gasteiger partial charge in [0.1, 0.15) is 36.0 Å². The van der Waals surface area contributed by atoms with Crippen LogP contribution in [0.3, 0.4) is 0 Å². The molecule has 1 heterocycles. The van der Waals surface area contributed by atoms with Crippen LogP contribution in [0, 0.1) is 50.7 Å². The SMILES string of the molecule is CC(CCC(O)C(C)(C)OC1OC(CO)C(O)C(O)C1O)C1CCC2(C)C3CCC4C(C)(C)C(O)CC(=O)C45CC35C(=O)CC12C. The molecule has 15 atom stereocenters. The van der Waals surface area contributed by atoms with Crippen LogP contribution in [0.1, 0.15) is 106 Å². The number of aliphatic hydroxyl groups is 6. The van der Waals surface area contributed by atoms with Crippen LogP contribution in [0.15, 0.2) is 0 Å². The van der Waals surface area contributed by atoms with E-state index in [0.717, 1.165) is 25.7 Å². The summed E-state index contributed by atoms with van der Waals surface area (Å²) in [7, 11) is 0. The molecule has 0 aromatic rings. The molecule has 6 N–H and O–H groups in total. The van der Waals surface area contributed by atoms with Gasteiger partial charge in [0.05, 0.1) is 24.4 Å². The molecule has 10 nitrogen and oxygen atoms in total. The molecule has 0 radical (unpaired) electrons. The van der Waals surface area contributed by atoms with E-state index in [9.17, 15) is 40.2 Å². The molecule has 1 aliphatic heterocycles. The van der Waals surface area contributed by atoms with Gasteiger partial charge in [-0.1, -0.05) is 34.6 Å². The summed E-state index contributed by atoms with van der Waals surface area (Å²) in [6, 6.07) is 0. The maximum atomic E-state index is 14.5. The van der Waals surface area contributed by atoms with Gasteiger partial charge in [0, 0.05) is 23.7 Å². The van der Waals surface area contributed by atoms with Crippen LogP contribution in [0.2, 0.25) is 0 Å². The Morgan fingerprint density at radius 2 is 1.52 bits per heavy atom. The molecular weight excluding hydrogens is 592 g/mol. The summed E-state index contributed by atoms with van der Waals surface area (Å²) in [5.74, 6) is 1.05. The number of rotatable bonds is 8. The smallest absolute Gasteiger partial charge is 0.187 e. The number of ether oxygens (including phenoxy) is 2. The lowest BCUT2D eigenvalue weighted by atomic mass is 9.41. The van der Waals surface area contributed by atoms with Crippen molar-refractivity contribution in [3.63, 3.8) is 0 Å². The molecule has 0 amide bonds. The summed E-state index contributed by atoms with van der Waals surface area (Å²) < 4.78 is 11.5. The number of carbonyl (C=O) groups excluding carboxylic acids is 2. The van der Waals surface area contributed by atoms with Gasteiger partial charge in [0.25, 0.3) is 0 Å². The fraction of sp³-hybridized carbons (Fsp3) is 0.944. The average Bonchev–Trinajstić information content (AvgIpc) is 3.63. The van der Waals surface area contributed by atoms with Crippen LogP contribution in [-0.4, -0.2) is 97.3 Å². The minimum atomic E-state index is -1.56. The van der Waals surface area contributed by atoms with Crippen molar-refractivity contribution < 1.29 is 49.7 Å². The average molecular weight is 651 g/mol. The van der Waals surface area contributed by atoms with E-state index in [2.05, 4.69) is 34.6 Å². The first-order valence-corrected chi connectivity index (χ1v) is 17.7. The molecule has 262 valence electrons. The lowest BCUT2D eigenvalue weighted by Gasteiger charge is -2.62. The van der Waals surface area contributed by atoms with Crippen molar-refractivity contribution in [2.75, 3.05) is 6.61 Å². The Balaban J connectivity index is 1.15. The Morgan fingerprint density at radius 3 is 2.17 bits per heavy atom. The second kappa shape index (κ2) is 11.0. The summed E-state index contributed by atoms with van der Waals surface area (Å²) in [6.45, 7) is 13.9. The van der Waals surface area contributed by atoms with Gasteiger partial charge in [0.2, 0.25) is 0 Å². The topological polar surface area (TPSA) is 174 Å². The number of Topliss-reactive ketones (excluding diaryl/α,β-unsaturated/α-hetero) is 2. The van der Waals surface area contributed by atoms with Crippen molar-refractivity contribution in [1.82, 2.24) is 0 Å². The second-order valence-corrected chi connectivity index (χ2v) is 17.8. The lowest BCUT2D eigenvalue weighted by Crippen LogP contribution is -2.62. The van der Waals surface area contributed by atoms with Gasteiger partial charge in [-0.25, -0.2) is 0 Å². The molecule has 0 aromatic heterocycles. The van der Waals surface area contributed by atoms with Gasteiger partial charge in [-0.3, -0.25) is 9.59 Å². The van der Waals surface area contributed by atoms with Gasteiger partial charge in [0.15, 0.2) is 6.29 Å². The zero-order chi connectivity index (χ0) is 34.0. The number of carbonyl (C=O) groups is 2. The van der Waals surface area contributed by atoms with Crippen molar-refractivity contribution in [2.24, 2.45) is 50.7 Å². The second-order valence-electron chi connectivity index (χ2n) is 17.8. The normalized spacial score (nSPS) is 51.0. The largest absolute Gasteiger partial charge is 0.394 e. The van der Waals surface area contributed by atoms with Gasteiger partial charge in [-0.05, 0) is 98.7 Å².